The van der Waals surface area contributed by atoms with Crippen molar-refractivity contribution in [2.24, 2.45) is 17.8 Å². The number of ether oxygens (including phenoxy) is 2. The van der Waals surface area contributed by atoms with E-state index in [-0.39, 0.29) is 5.92 Å². The Morgan fingerprint density at radius 3 is 1.89 bits per heavy atom. The number of hydrogen-bond acceptors (Lipinski definition) is 4. The summed E-state index contributed by atoms with van der Waals surface area (Å²) in [6.45, 7) is 6.09. The standard InChI is InChI=1S/C15H26O4/c1-4-18-14(16)13(15(17)19-5-2)11(3)12-9-7-6-8-10-12/h11-13H,4-10H2,1-3H3. The van der Waals surface area contributed by atoms with Crippen molar-refractivity contribution in [2.75, 3.05) is 13.2 Å². The topological polar surface area (TPSA) is 52.6 Å². The fourth-order valence-electron chi connectivity index (χ4n) is 2.92. The lowest BCUT2D eigenvalue weighted by atomic mass is 9.75. The van der Waals surface area contributed by atoms with Crippen LogP contribution in [0.1, 0.15) is 52.9 Å². The first kappa shape index (κ1) is 16.0. The number of carbonyl (C=O) groups excluding carboxylic acids is 2. The lowest BCUT2D eigenvalue weighted by molar-refractivity contribution is -0.165. The first-order chi connectivity index (χ1) is 9.11. The van der Waals surface area contributed by atoms with E-state index in [0.717, 1.165) is 12.8 Å². The molecule has 0 aromatic heterocycles. The summed E-state index contributed by atoms with van der Waals surface area (Å²) in [6, 6.07) is 0. The minimum absolute atomic E-state index is 0.00148. The van der Waals surface area contributed by atoms with Gasteiger partial charge in [-0.15, -0.1) is 0 Å². The summed E-state index contributed by atoms with van der Waals surface area (Å²) in [5.41, 5.74) is 0. The third-order valence-electron chi connectivity index (χ3n) is 4.00. The van der Waals surface area contributed by atoms with Gasteiger partial charge < -0.3 is 9.47 Å². The predicted octanol–water partition coefficient (Wildman–Crippen LogP) is 2.95. The zero-order valence-corrected chi connectivity index (χ0v) is 12.3. The van der Waals surface area contributed by atoms with Crippen LogP contribution in [0.25, 0.3) is 0 Å². The second kappa shape index (κ2) is 8.18. The van der Waals surface area contributed by atoms with Crippen LogP contribution in [0.3, 0.4) is 0 Å². The summed E-state index contributed by atoms with van der Waals surface area (Å²) < 4.78 is 10.1. The summed E-state index contributed by atoms with van der Waals surface area (Å²) >= 11 is 0. The Kier molecular flexibility index (Phi) is 6.89. The molecule has 0 heterocycles. The fourth-order valence-corrected chi connectivity index (χ4v) is 2.92. The minimum atomic E-state index is -0.761. The molecule has 4 nitrogen and oxygen atoms in total. The van der Waals surface area contributed by atoms with Crippen molar-refractivity contribution in [3.05, 3.63) is 0 Å². The molecule has 19 heavy (non-hydrogen) atoms. The Morgan fingerprint density at radius 2 is 1.47 bits per heavy atom. The summed E-state index contributed by atoms with van der Waals surface area (Å²) in [7, 11) is 0. The van der Waals surface area contributed by atoms with E-state index < -0.39 is 17.9 Å². The van der Waals surface area contributed by atoms with Crippen molar-refractivity contribution >= 4 is 11.9 Å². The van der Waals surface area contributed by atoms with E-state index in [1.165, 1.54) is 19.3 Å². The van der Waals surface area contributed by atoms with Crippen LogP contribution in [0.4, 0.5) is 0 Å². The molecule has 0 aromatic carbocycles. The molecule has 0 bridgehead atoms. The van der Waals surface area contributed by atoms with Gasteiger partial charge in [-0.25, -0.2) is 0 Å². The summed E-state index contributed by atoms with van der Waals surface area (Å²) in [5, 5.41) is 0. The molecular weight excluding hydrogens is 244 g/mol. The Balaban J connectivity index is 2.75. The first-order valence-corrected chi connectivity index (χ1v) is 7.45. The first-order valence-electron chi connectivity index (χ1n) is 7.45. The van der Waals surface area contributed by atoms with Gasteiger partial charge in [-0.3, -0.25) is 9.59 Å². The van der Waals surface area contributed by atoms with Gasteiger partial charge in [0, 0.05) is 0 Å². The quantitative estimate of drug-likeness (QED) is 0.550. The maximum absolute atomic E-state index is 12.0. The Labute approximate surface area is 115 Å². The molecule has 1 saturated carbocycles. The van der Waals surface area contributed by atoms with Gasteiger partial charge in [-0.1, -0.05) is 39.0 Å². The summed E-state index contributed by atoms with van der Waals surface area (Å²) in [6.07, 6.45) is 5.82. The highest BCUT2D eigenvalue weighted by atomic mass is 16.6. The van der Waals surface area contributed by atoms with Gasteiger partial charge in [0.2, 0.25) is 0 Å². The van der Waals surface area contributed by atoms with Gasteiger partial charge in [0.15, 0.2) is 5.92 Å². The second-order valence-corrected chi connectivity index (χ2v) is 5.24. The smallest absolute Gasteiger partial charge is 0.320 e. The Bertz CT molecular complexity index is 277. The maximum Gasteiger partial charge on any atom is 0.320 e. The van der Waals surface area contributed by atoms with Gasteiger partial charge in [0.05, 0.1) is 13.2 Å². The van der Waals surface area contributed by atoms with Crippen LogP contribution in [0, 0.1) is 17.8 Å². The summed E-state index contributed by atoms with van der Waals surface area (Å²) in [4.78, 5) is 24.0. The number of carbonyl (C=O) groups is 2. The van der Waals surface area contributed by atoms with Crippen molar-refractivity contribution in [3.63, 3.8) is 0 Å². The molecule has 1 aliphatic rings. The predicted molar refractivity (Wildman–Crippen MR) is 72.5 cm³/mol. The molecule has 0 radical (unpaired) electrons. The highest BCUT2D eigenvalue weighted by molar-refractivity contribution is 5.95. The van der Waals surface area contributed by atoms with E-state index in [9.17, 15) is 9.59 Å². The van der Waals surface area contributed by atoms with E-state index in [4.69, 9.17) is 9.47 Å². The largest absolute Gasteiger partial charge is 0.465 e. The minimum Gasteiger partial charge on any atom is -0.465 e. The molecule has 0 aromatic rings. The monoisotopic (exact) mass is 270 g/mol. The third kappa shape index (κ3) is 4.51. The van der Waals surface area contributed by atoms with Crippen molar-refractivity contribution in [2.45, 2.75) is 52.9 Å². The van der Waals surface area contributed by atoms with Crippen LogP contribution >= 0.6 is 0 Å². The Hall–Kier alpha value is -1.06. The average Bonchev–Trinajstić information content (AvgIpc) is 2.40. The molecule has 1 atom stereocenters. The van der Waals surface area contributed by atoms with Gasteiger partial charge in [-0.2, -0.15) is 0 Å². The van der Waals surface area contributed by atoms with Crippen LogP contribution < -0.4 is 0 Å². The van der Waals surface area contributed by atoms with Crippen LogP contribution in [0.5, 0.6) is 0 Å². The maximum atomic E-state index is 12.0. The van der Waals surface area contributed by atoms with E-state index in [0.29, 0.717) is 19.1 Å². The number of hydrogen-bond donors (Lipinski definition) is 0. The van der Waals surface area contributed by atoms with Crippen LogP contribution in [0.15, 0.2) is 0 Å². The number of esters is 2. The van der Waals surface area contributed by atoms with Crippen LogP contribution in [0.2, 0.25) is 0 Å². The van der Waals surface area contributed by atoms with Crippen molar-refractivity contribution < 1.29 is 19.1 Å². The molecule has 1 aliphatic carbocycles. The van der Waals surface area contributed by atoms with Gasteiger partial charge in [0.25, 0.3) is 0 Å². The normalized spacial score (nSPS) is 18.1. The van der Waals surface area contributed by atoms with Crippen LogP contribution in [-0.2, 0) is 19.1 Å². The Morgan fingerprint density at radius 1 is 1.00 bits per heavy atom. The molecule has 110 valence electrons. The van der Waals surface area contributed by atoms with Gasteiger partial charge >= 0.3 is 11.9 Å². The second-order valence-electron chi connectivity index (χ2n) is 5.24. The lowest BCUT2D eigenvalue weighted by Crippen LogP contribution is -2.37. The molecule has 1 fully saturated rings. The molecular formula is C15H26O4. The van der Waals surface area contributed by atoms with Crippen molar-refractivity contribution in [3.8, 4) is 0 Å². The van der Waals surface area contributed by atoms with E-state index >= 15 is 0 Å². The zero-order chi connectivity index (χ0) is 14.3. The average molecular weight is 270 g/mol. The van der Waals surface area contributed by atoms with Crippen molar-refractivity contribution in [1.82, 2.24) is 0 Å². The van der Waals surface area contributed by atoms with Crippen LogP contribution in [-0.4, -0.2) is 25.2 Å². The van der Waals surface area contributed by atoms with Gasteiger partial charge in [-0.05, 0) is 25.7 Å². The number of rotatable bonds is 6. The van der Waals surface area contributed by atoms with E-state index in [1.807, 2.05) is 6.92 Å². The lowest BCUT2D eigenvalue weighted by Gasteiger charge is -2.31. The molecule has 4 heteroatoms. The van der Waals surface area contributed by atoms with Crippen molar-refractivity contribution in [1.29, 1.82) is 0 Å². The SMILES string of the molecule is CCOC(=O)C(C(=O)OCC)C(C)C1CCCCC1. The molecule has 0 N–H and O–H groups in total. The molecule has 1 rings (SSSR count). The molecule has 0 saturated heterocycles. The highest BCUT2D eigenvalue weighted by Crippen LogP contribution is 2.34. The molecule has 0 spiro atoms. The van der Waals surface area contributed by atoms with Gasteiger partial charge in [0.1, 0.15) is 0 Å². The summed E-state index contributed by atoms with van der Waals surface area (Å²) in [5.74, 6) is -1.20. The molecule has 0 amide bonds. The molecule has 0 aliphatic heterocycles. The van der Waals surface area contributed by atoms with E-state index in [2.05, 4.69) is 0 Å². The van der Waals surface area contributed by atoms with E-state index in [1.54, 1.807) is 13.8 Å². The zero-order valence-electron chi connectivity index (χ0n) is 12.3. The highest BCUT2D eigenvalue weighted by Gasteiger charge is 2.39. The third-order valence-corrected chi connectivity index (χ3v) is 4.00. The fraction of sp³-hybridized carbons (Fsp3) is 0.867. The molecule has 1 unspecified atom stereocenters.